The number of hydrogen-bond donors (Lipinski definition) is 1. The van der Waals surface area contributed by atoms with Crippen LogP contribution in [0, 0.1) is 5.41 Å². The molecular formula is C10H17NO7S2. The van der Waals surface area contributed by atoms with E-state index < -0.39 is 48.0 Å². The third-order valence-electron chi connectivity index (χ3n) is 3.11. The Hall–Kier alpha value is -1.16. The second kappa shape index (κ2) is 5.32. The number of hydrogen-bond acceptors (Lipinski definition) is 7. The molecular weight excluding hydrogens is 310 g/mol. The van der Waals surface area contributed by atoms with Gasteiger partial charge in [0.1, 0.15) is 11.2 Å². The molecule has 1 N–H and O–H groups in total. The van der Waals surface area contributed by atoms with Crippen molar-refractivity contribution in [3.05, 3.63) is 0 Å². The van der Waals surface area contributed by atoms with Crippen molar-refractivity contribution in [2.75, 3.05) is 31.9 Å². The van der Waals surface area contributed by atoms with Gasteiger partial charge in [-0.05, 0) is 6.42 Å². The highest BCUT2D eigenvalue weighted by molar-refractivity contribution is 7.91. The molecule has 0 bridgehead atoms. The Bertz CT molecular complexity index is 622. The maximum Gasteiger partial charge on any atom is 0.314 e. The SMILES string of the molecule is COC(=O)[C@@]1(CNC(=O)CS(C)(=O)=O)C[C@@H]1S(C)(=O)=O. The minimum absolute atomic E-state index is 0.0532. The van der Waals surface area contributed by atoms with Gasteiger partial charge in [0.25, 0.3) is 0 Å². The lowest BCUT2D eigenvalue weighted by atomic mass is 10.1. The van der Waals surface area contributed by atoms with Crippen LogP contribution in [0.5, 0.6) is 0 Å². The third kappa shape index (κ3) is 3.92. The Balaban J connectivity index is 2.76. The summed E-state index contributed by atoms with van der Waals surface area (Å²) in [6.45, 7) is -0.258. The number of amides is 1. The molecule has 2 atom stereocenters. The first-order chi connectivity index (χ1) is 8.92. The van der Waals surface area contributed by atoms with Crippen LogP contribution in [0.3, 0.4) is 0 Å². The maximum atomic E-state index is 11.7. The molecule has 1 saturated carbocycles. The van der Waals surface area contributed by atoms with Gasteiger partial charge in [0.2, 0.25) is 5.91 Å². The molecule has 0 spiro atoms. The van der Waals surface area contributed by atoms with Gasteiger partial charge < -0.3 is 10.1 Å². The van der Waals surface area contributed by atoms with Gasteiger partial charge in [-0.1, -0.05) is 0 Å². The number of esters is 1. The molecule has 0 unspecified atom stereocenters. The molecule has 0 aromatic carbocycles. The number of methoxy groups -OCH3 is 1. The number of ether oxygens (including phenoxy) is 1. The Morgan fingerprint density at radius 2 is 1.80 bits per heavy atom. The zero-order valence-corrected chi connectivity index (χ0v) is 13.0. The average molecular weight is 327 g/mol. The molecule has 0 aromatic rings. The summed E-state index contributed by atoms with van der Waals surface area (Å²) in [5.41, 5.74) is -1.31. The molecule has 0 saturated heterocycles. The van der Waals surface area contributed by atoms with E-state index in [-0.39, 0.29) is 13.0 Å². The van der Waals surface area contributed by atoms with Crippen LogP contribution in [0.2, 0.25) is 0 Å². The van der Waals surface area contributed by atoms with E-state index in [0.29, 0.717) is 0 Å². The van der Waals surface area contributed by atoms with Crippen molar-refractivity contribution in [3.8, 4) is 0 Å². The standard InChI is InChI=1S/C10H17NO7S2/c1-18-9(13)10(4-7(10)20(3,16)17)6-11-8(12)5-19(2,14)15/h7H,4-6H2,1-3H3,(H,11,12)/t7-,10+/m0/s1. The first-order valence-electron chi connectivity index (χ1n) is 5.64. The molecule has 1 amide bonds. The predicted molar refractivity (Wildman–Crippen MR) is 70.4 cm³/mol. The number of carbonyl (C=O) groups is 2. The quantitative estimate of drug-likeness (QED) is 0.566. The van der Waals surface area contributed by atoms with E-state index in [0.717, 1.165) is 19.6 Å². The van der Waals surface area contributed by atoms with E-state index in [1.807, 2.05) is 0 Å². The highest BCUT2D eigenvalue weighted by atomic mass is 32.2. The second-order valence-electron chi connectivity index (χ2n) is 5.02. The fourth-order valence-electron chi connectivity index (χ4n) is 2.05. The summed E-state index contributed by atoms with van der Waals surface area (Å²) in [6.07, 6.45) is 1.96. The molecule has 8 nitrogen and oxygen atoms in total. The van der Waals surface area contributed by atoms with Crippen LogP contribution in [-0.2, 0) is 34.0 Å². The lowest BCUT2D eigenvalue weighted by Gasteiger charge is -2.15. The highest BCUT2D eigenvalue weighted by Crippen LogP contribution is 2.51. The number of carbonyl (C=O) groups excluding carboxylic acids is 2. The van der Waals surface area contributed by atoms with Crippen molar-refractivity contribution in [3.63, 3.8) is 0 Å². The minimum atomic E-state index is -3.48. The van der Waals surface area contributed by atoms with Crippen LogP contribution < -0.4 is 5.32 Å². The summed E-state index contributed by atoms with van der Waals surface area (Å²) < 4.78 is 49.4. The van der Waals surface area contributed by atoms with Crippen LogP contribution in [-0.4, -0.2) is 65.9 Å². The van der Waals surface area contributed by atoms with Gasteiger partial charge in [0.15, 0.2) is 19.7 Å². The van der Waals surface area contributed by atoms with Crippen LogP contribution >= 0.6 is 0 Å². The van der Waals surface area contributed by atoms with Crippen molar-refractivity contribution in [2.45, 2.75) is 11.7 Å². The largest absolute Gasteiger partial charge is 0.469 e. The van der Waals surface area contributed by atoms with Crippen LogP contribution in [0.25, 0.3) is 0 Å². The van der Waals surface area contributed by atoms with Gasteiger partial charge >= 0.3 is 5.97 Å². The second-order valence-corrected chi connectivity index (χ2v) is 9.39. The predicted octanol–water partition coefficient (Wildman–Crippen LogP) is -1.88. The zero-order chi connectivity index (χ0) is 15.8. The molecule has 1 aliphatic carbocycles. The average Bonchev–Trinajstić information content (AvgIpc) is 2.99. The van der Waals surface area contributed by atoms with Gasteiger partial charge in [0.05, 0.1) is 12.4 Å². The lowest BCUT2D eigenvalue weighted by Crippen LogP contribution is -2.40. The van der Waals surface area contributed by atoms with Crippen molar-refractivity contribution in [1.29, 1.82) is 0 Å². The van der Waals surface area contributed by atoms with Gasteiger partial charge in [-0.25, -0.2) is 16.8 Å². The smallest absolute Gasteiger partial charge is 0.314 e. The summed E-state index contributed by atoms with van der Waals surface area (Å²) in [6, 6.07) is 0. The molecule has 116 valence electrons. The van der Waals surface area contributed by atoms with Gasteiger partial charge in [0, 0.05) is 19.1 Å². The zero-order valence-electron chi connectivity index (χ0n) is 11.4. The van der Waals surface area contributed by atoms with Crippen molar-refractivity contribution in [1.82, 2.24) is 5.32 Å². The minimum Gasteiger partial charge on any atom is -0.469 e. The molecule has 0 heterocycles. The van der Waals surface area contributed by atoms with E-state index in [2.05, 4.69) is 10.1 Å². The molecule has 20 heavy (non-hydrogen) atoms. The summed E-state index contributed by atoms with van der Waals surface area (Å²) in [5, 5.41) is 1.36. The van der Waals surface area contributed by atoms with Crippen molar-refractivity contribution >= 4 is 31.6 Å². The van der Waals surface area contributed by atoms with E-state index in [9.17, 15) is 26.4 Å². The summed E-state index contributed by atoms with van der Waals surface area (Å²) in [4.78, 5) is 23.1. The van der Waals surface area contributed by atoms with Crippen molar-refractivity contribution in [2.24, 2.45) is 5.41 Å². The van der Waals surface area contributed by atoms with E-state index in [1.54, 1.807) is 0 Å². The monoisotopic (exact) mass is 327 g/mol. The number of sulfone groups is 2. The van der Waals surface area contributed by atoms with Crippen molar-refractivity contribution < 1.29 is 31.2 Å². The topological polar surface area (TPSA) is 124 Å². The van der Waals surface area contributed by atoms with E-state index >= 15 is 0 Å². The fraction of sp³-hybridized carbons (Fsp3) is 0.800. The van der Waals surface area contributed by atoms with Crippen LogP contribution in [0.15, 0.2) is 0 Å². The van der Waals surface area contributed by atoms with Crippen LogP contribution in [0.1, 0.15) is 6.42 Å². The first kappa shape index (κ1) is 16.9. The Morgan fingerprint density at radius 1 is 1.25 bits per heavy atom. The fourth-order valence-corrected chi connectivity index (χ4v) is 4.23. The molecule has 1 rings (SSSR count). The summed E-state index contributed by atoms with van der Waals surface area (Å²) in [5.74, 6) is -2.23. The van der Waals surface area contributed by atoms with E-state index in [4.69, 9.17) is 0 Å². The molecule has 0 aromatic heterocycles. The Labute approximate surface area is 117 Å². The molecule has 1 aliphatic rings. The molecule has 0 aliphatic heterocycles. The number of rotatable bonds is 6. The Kier molecular flexibility index (Phi) is 4.49. The van der Waals surface area contributed by atoms with Gasteiger partial charge in [-0.2, -0.15) is 0 Å². The van der Waals surface area contributed by atoms with E-state index in [1.165, 1.54) is 0 Å². The van der Waals surface area contributed by atoms with Gasteiger partial charge in [-0.3, -0.25) is 9.59 Å². The molecule has 0 radical (unpaired) electrons. The highest BCUT2D eigenvalue weighted by Gasteiger charge is 2.66. The van der Waals surface area contributed by atoms with Gasteiger partial charge in [-0.15, -0.1) is 0 Å². The maximum absolute atomic E-state index is 11.7. The lowest BCUT2D eigenvalue weighted by molar-refractivity contribution is -0.146. The molecule has 1 fully saturated rings. The summed E-state index contributed by atoms with van der Waals surface area (Å²) in [7, 11) is -5.81. The first-order valence-corrected chi connectivity index (χ1v) is 9.65. The normalized spacial score (nSPS) is 25.9. The number of nitrogens with one attached hydrogen (secondary N) is 1. The van der Waals surface area contributed by atoms with Crippen LogP contribution in [0.4, 0.5) is 0 Å². The summed E-state index contributed by atoms with van der Waals surface area (Å²) >= 11 is 0. The third-order valence-corrected chi connectivity index (χ3v) is 5.55. The molecule has 10 heteroatoms. The Morgan fingerprint density at radius 3 is 2.15 bits per heavy atom.